The number of nitrogens with zero attached hydrogens (tertiary/aromatic N) is 2. The number of carbonyl (C=O) groups excluding carboxylic acids is 1. The summed E-state index contributed by atoms with van der Waals surface area (Å²) < 4.78 is 6.09. The van der Waals surface area contributed by atoms with Gasteiger partial charge in [0.2, 0.25) is 5.91 Å². The van der Waals surface area contributed by atoms with Crippen LogP contribution in [0.1, 0.15) is 31.0 Å². The molecule has 1 aliphatic heterocycles. The predicted octanol–water partition coefficient (Wildman–Crippen LogP) is 2.65. The summed E-state index contributed by atoms with van der Waals surface area (Å²) in [5, 5.41) is 4.15. The van der Waals surface area contributed by atoms with Crippen molar-refractivity contribution in [2.45, 2.75) is 33.2 Å². The summed E-state index contributed by atoms with van der Waals surface area (Å²) in [4.78, 5) is 18.7. The van der Waals surface area contributed by atoms with Crippen LogP contribution in [0.2, 0.25) is 0 Å². The molecule has 1 N–H and O–H groups in total. The number of hydrogen-bond acceptors (Lipinski definition) is 4. The van der Waals surface area contributed by atoms with Crippen LogP contribution >= 0.6 is 0 Å². The first-order valence-corrected chi connectivity index (χ1v) is 8.70. The van der Waals surface area contributed by atoms with Gasteiger partial charge in [0.05, 0.1) is 30.9 Å². The molecule has 1 fully saturated rings. The van der Waals surface area contributed by atoms with Crippen molar-refractivity contribution >= 4 is 16.8 Å². The van der Waals surface area contributed by atoms with E-state index >= 15 is 0 Å². The molecule has 0 spiro atoms. The zero-order valence-corrected chi connectivity index (χ0v) is 14.5. The topological polar surface area (TPSA) is 54.5 Å². The van der Waals surface area contributed by atoms with Gasteiger partial charge in [-0.25, -0.2) is 0 Å². The fraction of sp³-hybridized carbons (Fsp3) is 0.474. The van der Waals surface area contributed by atoms with Crippen LogP contribution in [0.3, 0.4) is 0 Å². The highest BCUT2D eigenvalue weighted by atomic mass is 16.5. The number of nitrogens with one attached hydrogen (secondary N) is 1. The van der Waals surface area contributed by atoms with E-state index in [9.17, 15) is 4.79 Å². The van der Waals surface area contributed by atoms with Gasteiger partial charge < -0.3 is 15.0 Å². The normalized spacial score (nSPS) is 15.1. The Morgan fingerprint density at radius 3 is 2.96 bits per heavy atom. The number of piperazine rings is 1. The lowest BCUT2D eigenvalue weighted by atomic mass is 10.1. The molecule has 5 heteroatoms. The number of amides is 1. The minimum atomic E-state index is 0.129. The van der Waals surface area contributed by atoms with Crippen LogP contribution in [0, 0.1) is 6.92 Å². The molecule has 1 saturated heterocycles. The molecule has 1 aliphatic rings. The molecular weight excluding hydrogens is 302 g/mol. The van der Waals surface area contributed by atoms with Gasteiger partial charge in [-0.15, -0.1) is 0 Å². The monoisotopic (exact) mass is 327 g/mol. The Balaban J connectivity index is 1.95. The Kier molecular flexibility index (Phi) is 5.30. The zero-order chi connectivity index (χ0) is 16.9. The predicted molar refractivity (Wildman–Crippen MR) is 95.2 cm³/mol. The maximum Gasteiger partial charge on any atom is 0.236 e. The standard InChI is InChI=1S/C19H25N3O2/c1-3-4-11-24-19-14(2)17(13-22-10-9-20-12-18(22)23)21-16-8-6-5-7-15(16)19/h5-8,20H,3-4,9-13H2,1-2H3. The smallest absolute Gasteiger partial charge is 0.236 e. The minimum absolute atomic E-state index is 0.129. The molecule has 1 aromatic heterocycles. The third kappa shape index (κ3) is 3.51. The van der Waals surface area contributed by atoms with Crippen LogP contribution in [-0.2, 0) is 11.3 Å². The zero-order valence-electron chi connectivity index (χ0n) is 14.5. The number of benzene rings is 1. The molecule has 1 aromatic carbocycles. The molecule has 2 aromatic rings. The molecule has 1 amide bonds. The Bertz CT molecular complexity index is 730. The van der Waals surface area contributed by atoms with Crippen molar-refractivity contribution in [2.24, 2.45) is 0 Å². The summed E-state index contributed by atoms with van der Waals surface area (Å²) in [6.45, 7) is 7.41. The van der Waals surface area contributed by atoms with E-state index in [-0.39, 0.29) is 5.91 Å². The van der Waals surface area contributed by atoms with E-state index in [4.69, 9.17) is 9.72 Å². The van der Waals surface area contributed by atoms with E-state index in [0.717, 1.165) is 53.8 Å². The molecule has 24 heavy (non-hydrogen) atoms. The second kappa shape index (κ2) is 7.62. The van der Waals surface area contributed by atoms with Crippen molar-refractivity contribution in [3.8, 4) is 5.75 Å². The summed E-state index contributed by atoms with van der Waals surface area (Å²) in [7, 11) is 0. The fourth-order valence-electron chi connectivity index (χ4n) is 2.98. The Labute approximate surface area is 143 Å². The third-order valence-corrected chi connectivity index (χ3v) is 4.45. The number of hydrogen-bond donors (Lipinski definition) is 1. The lowest BCUT2D eigenvalue weighted by Crippen LogP contribution is -2.47. The van der Waals surface area contributed by atoms with Gasteiger partial charge in [0.1, 0.15) is 5.75 Å². The molecular formula is C19H25N3O2. The molecule has 2 heterocycles. The summed E-state index contributed by atoms with van der Waals surface area (Å²) in [5.74, 6) is 1.04. The van der Waals surface area contributed by atoms with Gasteiger partial charge in [0, 0.05) is 24.0 Å². The molecule has 0 bridgehead atoms. The average Bonchev–Trinajstić information content (AvgIpc) is 2.60. The van der Waals surface area contributed by atoms with Gasteiger partial charge in [0.25, 0.3) is 0 Å². The maximum absolute atomic E-state index is 12.1. The van der Waals surface area contributed by atoms with E-state index in [1.165, 1.54) is 0 Å². The fourth-order valence-corrected chi connectivity index (χ4v) is 2.98. The van der Waals surface area contributed by atoms with Crippen molar-refractivity contribution in [1.29, 1.82) is 0 Å². The summed E-state index contributed by atoms with van der Waals surface area (Å²) in [6, 6.07) is 8.05. The lowest BCUT2D eigenvalue weighted by molar-refractivity contribution is -0.132. The van der Waals surface area contributed by atoms with E-state index in [2.05, 4.69) is 18.3 Å². The molecule has 5 nitrogen and oxygen atoms in total. The number of unbranched alkanes of at least 4 members (excludes halogenated alkanes) is 1. The first-order valence-electron chi connectivity index (χ1n) is 8.70. The highest BCUT2D eigenvalue weighted by Gasteiger charge is 2.21. The summed E-state index contributed by atoms with van der Waals surface area (Å²) in [5.41, 5.74) is 2.89. The number of rotatable bonds is 6. The first-order chi connectivity index (χ1) is 11.7. The number of aromatic nitrogens is 1. The van der Waals surface area contributed by atoms with E-state index in [1.807, 2.05) is 30.0 Å². The van der Waals surface area contributed by atoms with Crippen LogP contribution in [0.25, 0.3) is 10.9 Å². The summed E-state index contributed by atoms with van der Waals surface area (Å²) in [6.07, 6.45) is 2.13. The van der Waals surface area contributed by atoms with Crippen molar-refractivity contribution in [3.05, 3.63) is 35.5 Å². The molecule has 0 radical (unpaired) electrons. The van der Waals surface area contributed by atoms with Gasteiger partial charge >= 0.3 is 0 Å². The Hall–Kier alpha value is -2.14. The van der Waals surface area contributed by atoms with Crippen LogP contribution in [0.15, 0.2) is 24.3 Å². The van der Waals surface area contributed by atoms with E-state index in [0.29, 0.717) is 19.7 Å². The Morgan fingerprint density at radius 2 is 2.17 bits per heavy atom. The first kappa shape index (κ1) is 16.7. The van der Waals surface area contributed by atoms with Gasteiger partial charge in [-0.3, -0.25) is 9.78 Å². The van der Waals surface area contributed by atoms with Crippen molar-refractivity contribution < 1.29 is 9.53 Å². The van der Waals surface area contributed by atoms with Gasteiger partial charge in [-0.1, -0.05) is 25.5 Å². The average molecular weight is 327 g/mol. The highest BCUT2D eigenvalue weighted by molar-refractivity contribution is 5.87. The summed E-state index contributed by atoms with van der Waals surface area (Å²) >= 11 is 0. The van der Waals surface area contributed by atoms with Crippen LogP contribution < -0.4 is 10.1 Å². The van der Waals surface area contributed by atoms with E-state index in [1.54, 1.807) is 0 Å². The number of fused-ring (bicyclic) bond motifs is 1. The molecule has 128 valence electrons. The Morgan fingerprint density at radius 1 is 1.33 bits per heavy atom. The number of ether oxygens (including phenoxy) is 1. The van der Waals surface area contributed by atoms with Crippen LogP contribution in [0.5, 0.6) is 5.75 Å². The quantitative estimate of drug-likeness (QED) is 0.829. The second-order valence-electron chi connectivity index (χ2n) is 6.22. The molecule has 0 aliphatic carbocycles. The minimum Gasteiger partial charge on any atom is -0.493 e. The highest BCUT2D eigenvalue weighted by Crippen LogP contribution is 2.31. The second-order valence-corrected chi connectivity index (χ2v) is 6.22. The largest absolute Gasteiger partial charge is 0.493 e. The third-order valence-electron chi connectivity index (χ3n) is 4.45. The van der Waals surface area contributed by atoms with Crippen molar-refractivity contribution in [1.82, 2.24) is 15.2 Å². The number of para-hydroxylation sites is 1. The molecule has 0 unspecified atom stereocenters. The van der Waals surface area contributed by atoms with Gasteiger partial charge in [0.15, 0.2) is 0 Å². The number of pyridine rings is 1. The molecule has 3 rings (SSSR count). The molecule has 0 saturated carbocycles. The van der Waals surface area contributed by atoms with Crippen molar-refractivity contribution in [2.75, 3.05) is 26.2 Å². The molecule has 0 atom stereocenters. The van der Waals surface area contributed by atoms with Gasteiger partial charge in [-0.2, -0.15) is 0 Å². The van der Waals surface area contributed by atoms with Gasteiger partial charge in [-0.05, 0) is 25.5 Å². The SMILES string of the molecule is CCCCOc1c(C)c(CN2CCNCC2=O)nc2ccccc12. The van der Waals surface area contributed by atoms with Crippen molar-refractivity contribution in [3.63, 3.8) is 0 Å². The van der Waals surface area contributed by atoms with E-state index < -0.39 is 0 Å². The van der Waals surface area contributed by atoms with Crippen LogP contribution in [-0.4, -0.2) is 42.0 Å². The van der Waals surface area contributed by atoms with Crippen LogP contribution in [0.4, 0.5) is 0 Å². The lowest BCUT2D eigenvalue weighted by Gasteiger charge is -2.28. The maximum atomic E-state index is 12.1. The number of carbonyl (C=O) groups is 1.